The Morgan fingerprint density at radius 1 is 0.531 bits per heavy atom. The zero-order valence-electron chi connectivity index (χ0n) is 29.1. The fraction of sp³-hybridized carbons (Fsp3) is 0.152. The van der Waals surface area contributed by atoms with Crippen LogP contribution in [0.5, 0.6) is 0 Å². The second-order valence-corrected chi connectivity index (χ2v) is 15.6. The summed E-state index contributed by atoms with van der Waals surface area (Å²) in [5.41, 5.74) is 9.42. The van der Waals surface area contributed by atoms with Crippen LogP contribution in [0, 0.1) is 13.8 Å². The van der Waals surface area contributed by atoms with E-state index in [9.17, 15) is 0 Å². The first-order chi connectivity index (χ1) is 22.7. The van der Waals surface area contributed by atoms with Crippen LogP contribution in [0.1, 0.15) is 50.3 Å². The van der Waals surface area contributed by atoms with Crippen molar-refractivity contribution in [3.8, 4) is 22.3 Å². The van der Waals surface area contributed by atoms with Gasteiger partial charge < -0.3 is 24.8 Å². The topological polar surface area (TPSA) is 0 Å². The van der Waals surface area contributed by atoms with Crippen molar-refractivity contribution in [2.75, 3.05) is 0 Å². The summed E-state index contributed by atoms with van der Waals surface area (Å²) in [5.74, 6) is 0.563. The van der Waals surface area contributed by atoms with E-state index in [1.807, 2.05) is 0 Å². The molecule has 0 radical (unpaired) electrons. The van der Waals surface area contributed by atoms with Crippen LogP contribution in [0.4, 0.5) is 0 Å². The van der Waals surface area contributed by atoms with Crippen molar-refractivity contribution in [3.05, 3.63) is 156 Å². The summed E-state index contributed by atoms with van der Waals surface area (Å²) < 4.78 is 1.51. The van der Waals surface area contributed by atoms with Gasteiger partial charge in [0.25, 0.3) is 0 Å². The van der Waals surface area contributed by atoms with Gasteiger partial charge in [0.05, 0.1) is 0 Å². The first-order valence-corrected chi connectivity index (χ1v) is 17.8. The number of fused-ring (bicyclic) bond motifs is 4. The third kappa shape index (κ3) is 8.41. The van der Waals surface area contributed by atoms with Gasteiger partial charge in [0.15, 0.2) is 0 Å². The summed E-state index contributed by atoms with van der Waals surface area (Å²) in [6, 6.07) is 50.8. The van der Waals surface area contributed by atoms with Gasteiger partial charge in [-0.1, -0.05) is 136 Å². The Bertz CT molecular complexity index is 2340. The molecular formula is C46H42Cl2Zr-2. The van der Waals surface area contributed by atoms with Gasteiger partial charge in [0.2, 0.25) is 0 Å². The summed E-state index contributed by atoms with van der Waals surface area (Å²) in [7, 11) is 0. The molecule has 0 N–H and O–H groups in total. The van der Waals surface area contributed by atoms with Crippen molar-refractivity contribution in [1.29, 1.82) is 0 Å². The van der Waals surface area contributed by atoms with Crippen LogP contribution in [-0.2, 0) is 24.2 Å². The molecule has 0 aromatic heterocycles. The van der Waals surface area contributed by atoms with Crippen molar-refractivity contribution in [2.45, 2.75) is 47.5 Å². The number of benzene rings is 6. The van der Waals surface area contributed by atoms with Crippen molar-refractivity contribution < 1.29 is 49.0 Å². The van der Waals surface area contributed by atoms with Crippen molar-refractivity contribution in [2.24, 2.45) is 0 Å². The average Bonchev–Trinajstić information content (AvgIpc) is 3.69. The smallest absolute Gasteiger partial charge is 0.0114 e. The van der Waals surface area contributed by atoms with E-state index in [2.05, 4.69) is 181 Å². The second-order valence-electron chi connectivity index (χ2n) is 13.1. The van der Waals surface area contributed by atoms with E-state index in [0.29, 0.717) is 5.92 Å². The Morgan fingerprint density at radius 3 is 1.55 bits per heavy atom. The maximum atomic E-state index is 2.36. The molecule has 0 atom stereocenters. The van der Waals surface area contributed by atoms with E-state index in [4.69, 9.17) is 0 Å². The average molecular weight is 757 g/mol. The van der Waals surface area contributed by atoms with E-state index in [-0.39, 0.29) is 24.8 Å². The molecule has 0 aliphatic carbocycles. The zero-order valence-corrected chi connectivity index (χ0v) is 33.1. The minimum Gasteiger partial charge on any atom is -1.00 e. The molecule has 246 valence electrons. The predicted octanol–water partition coefficient (Wildman–Crippen LogP) is 7.25. The summed E-state index contributed by atoms with van der Waals surface area (Å²) >= 11 is 1.55. The molecular weight excluding hydrogens is 715 g/mol. The second kappa shape index (κ2) is 16.9. The molecule has 8 aromatic carbocycles. The van der Waals surface area contributed by atoms with Crippen molar-refractivity contribution in [1.82, 2.24) is 0 Å². The minimum absolute atomic E-state index is 0. The molecule has 0 bridgehead atoms. The van der Waals surface area contributed by atoms with Crippen LogP contribution in [-0.4, -0.2) is 3.21 Å². The molecule has 0 unspecified atom stereocenters. The molecule has 0 saturated carbocycles. The number of halogens is 2. The third-order valence-electron chi connectivity index (χ3n) is 8.85. The van der Waals surface area contributed by atoms with Gasteiger partial charge in [-0.3, -0.25) is 0 Å². The molecule has 0 fully saturated rings. The number of rotatable bonds is 3. The molecule has 0 heterocycles. The Morgan fingerprint density at radius 2 is 1.00 bits per heavy atom. The largest absolute Gasteiger partial charge is 1.00 e. The summed E-state index contributed by atoms with van der Waals surface area (Å²) in [5, 5.41) is 10.7. The SMILES string of the molecule is CC(C)c1cc2c(-c3cccc4ccccc34)cccc2[cH-]1.C[C](C)=[Zr+2].Cc1cc2c(-c3cccc4ccccc34)ccc(C)c2[cH-]1.[Cl-].[Cl-]. The summed E-state index contributed by atoms with van der Waals surface area (Å²) in [6.45, 7) is 13.1. The fourth-order valence-corrected chi connectivity index (χ4v) is 6.57. The maximum Gasteiger partial charge on any atom is -0.0114 e. The third-order valence-corrected chi connectivity index (χ3v) is 8.85. The molecule has 8 aromatic rings. The van der Waals surface area contributed by atoms with E-state index in [1.165, 1.54) is 85.2 Å². The molecule has 8 rings (SSSR count). The van der Waals surface area contributed by atoms with Crippen LogP contribution in [0.25, 0.3) is 65.3 Å². The first-order valence-electron chi connectivity index (χ1n) is 16.6. The van der Waals surface area contributed by atoms with Gasteiger partial charge in [-0.25, -0.2) is 0 Å². The number of aryl methyl sites for hydroxylation is 2. The predicted molar refractivity (Wildman–Crippen MR) is 205 cm³/mol. The van der Waals surface area contributed by atoms with Crippen molar-refractivity contribution in [3.63, 3.8) is 0 Å². The zero-order chi connectivity index (χ0) is 33.1. The van der Waals surface area contributed by atoms with Crippen LogP contribution in [0.3, 0.4) is 0 Å². The summed E-state index contributed by atoms with van der Waals surface area (Å²) in [4.78, 5) is 0. The van der Waals surface area contributed by atoms with E-state index < -0.39 is 0 Å². The monoisotopic (exact) mass is 754 g/mol. The van der Waals surface area contributed by atoms with Gasteiger partial charge in [0.1, 0.15) is 0 Å². The van der Waals surface area contributed by atoms with Gasteiger partial charge in [-0.05, 0) is 38.6 Å². The van der Waals surface area contributed by atoms with Crippen LogP contribution in [0.2, 0.25) is 0 Å². The van der Waals surface area contributed by atoms with E-state index in [1.54, 1.807) is 24.2 Å². The molecule has 3 heteroatoms. The Labute approximate surface area is 319 Å². The van der Waals surface area contributed by atoms with Crippen LogP contribution in [0.15, 0.2) is 140 Å². The van der Waals surface area contributed by atoms with Crippen LogP contribution < -0.4 is 24.8 Å². The summed E-state index contributed by atoms with van der Waals surface area (Å²) in [6.07, 6.45) is 0. The normalized spacial score (nSPS) is 10.6. The van der Waals surface area contributed by atoms with Crippen LogP contribution >= 0.6 is 0 Å². The van der Waals surface area contributed by atoms with Crippen molar-refractivity contribution >= 4 is 46.3 Å². The Balaban J connectivity index is 0.000000192. The molecule has 0 saturated heterocycles. The van der Waals surface area contributed by atoms with Gasteiger partial charge in [0, 0.05) is 0 Å². The molecule has 0 aliphatic heterocycles. The van der Waals surface area contributed by atoms with Gasteiger partial charge in [-0.15, -0.1) is 68.6 Å². The molecule has 49 heavy (non-hydrogen) atoms. The molecule has 0 aliphatic rings. The van der Waals surface area contributed by atoms with E-state index >= 15 is 0 Å². The number of hydrogen-bond donors (Lipinski definition) is 0. The Kier molecular flexibility index (Phi) is 13.2. The van der Waals surface area contributed by atoms with E-state index in [0.717, 1.165) is 0 Å². The molecule has 0 spiro atoms. The molecule has 0 nitrogen and oxygen atoms in total. The Hall–Kier alpha value is -3.61. The maximum absolute atomic E-state index is 2.36. The first kappa shape index (κ1) is 38.2. The standard InChI is InChI=1S/C22H19.C21H17.C3H6.2ClH.Zr/c1-15(2)18-13-17-9-6-12-21(22(17)14-18)20-11-5-8-16-7-3-4-10-19(16)20;1-14-12-20-15(2)10-11-19(21(20)13-14)18-9-5-7-16-6-3-4-8-17(16)18;1-3-2;;;/h3-15H,1-2H3;3-13H,1-2H3;1-2H3;2*1H;/q2*-1;;;;+2/p-2. The quantitative estimate of drug-likeness (QED) is 0.167. The molecule has 0 amide bonds. The number of hydrogen-bond acceptors (Lipinski definition) is 0. The fourth-order valence-electron chi connectivity index (χ4n) is 6.57. The van der Waals surface area contributed by atoms with Gasteiger partial charge in [-0.2, -0.15) is 12.1 Å². The van der Waals surface area contributed by atoms with Gasteiger partial charge >= 0.3 is 41.3 Å². The minimum atomic E-state index is 0.